The predicted molar refractivity (Wildman–Crippen MR) is 107 cm³/mol. The van der Waals surface area contributed by atoms with Crippen molar-refractivity contribution in [3.05, 3.63) is 28.2 Å². The molecule has 0 spiro atoms. The van der Waals surface area contributed by atoms with Gasteiger partial charge in [0.25, 0.3) is 0 Å². The lowest BCUT2D eigenvalue weighted by Gasteiger charge is -2.16. The van der Waals surface area contributed by atoms with Crippen LogP contribution in [-0.4, -0.2) is 48.1 Å². The summed E-state index contributed by atoms with van der Waals surface area (Å²) in [5.41, 5.74) is 0.134. The van der Waals surface area contributed by atoms with Gasteiger partial charge in [0.05, 0.1) is 17.4 Å². The van der Waals surface area contributed by atoms with Crippen LogP contribution in [0.2, 0.25) is 10.0 Å². The first-order valence-electron chi connectivity index (χ1n) is 7.53. The van der Waals surface area contributed by atoms with Crippen LogP contribution >= 0.6 is 58.0 Å². The number of benzene rings is 1. The minimum atomic E-state index is -4.07. The van der Waals surface area contributed by atoms with Gasteiger partial charge in [-0.25, -0.2) is 8.42 Å². The van der Waals surface area contributed by atoms with E-state index in [0.29, 0.717) is 0 Å². The molecule has 1 heterocycles. The summed E-state index contributed by atoms with van der Waals surface area (Å²) in [5.74, 6) is -5.37. The Morgan fingerprint density at radius 1 is 1.14 bits per heavy atom. The molecule has 1 fully saturated rings. The summed E-state index contributed by atoms with van der Waals surface area (Å²) in [6, 6.07) is 4.13. The Bertz CT molecular complexity index is 894. The summed E-state index contributed by atoms with van der Waals surface area (Å²) in [5, 5.41) is 0.409. The van der Waals surface area contributed by atoms with Crippen molar-refractivity contribution in [2.24, 2.45) is 5.92 Å². The first-order chi connectivity index (χ1) is 12.8. The van der Waals surface area contributed by atoms with E-state index in [4.69, 9.17) is 58.0 Å². The molecule has 1 unspecified atom stereocenters. The van der Waals surface area contributed by atoms with Crippen LogP contribution in [0.25, 0.3) is 0 Å². The number of anilines is 1. The number of nitrogens with zero attached hydrogens (tertiary/aromatic N) is 1. The van der Waals surface area contributed by atoms with E-state index in [0.717, 1.165) is 4.90 Å². The highest BCUT2D eigenvalue weighted by atomic mass is 35.6. The van der Waals surface area contributed by atoms with Crippen LogP contribution < -0.4 is 4.90 Å². The maximum Gasteiger partial charge on any atom is 0.321 e. The number of sulfone groups is 1. The number of hydrogen-bond acceptors (Lipinski definition) is 6. The molecule has 7 nitrogen and oxygen atoms in total. The van der Waals surface area contributed by atoms with Crippen molar-refractivity contribution in [2.45, 2.75) is 10.2 Å². The normalized spacial score (nSPS) is 17.9. The van der Waals surface area contributed by atoms with Crippen molar-refractivity contribution >= 4 is 91.3 Å². The number of esters is 1. The van der Waals surface area contributed by atoms with Gasteiger partial charge < -0.3 is 4.74 Å². The van der Waals surface area contributed by atoms with Crippen LogP contribution in [0.3, 0.4) is 0 Å². The maximum absolute atomic E-state index is 12.5. The van der Waals surface area contributed by atoms with E-state index in [1.54, 1.807) is 0 Å². The molecule has 13 heteroatoms. The van der Waals surface area contributed by atoms with Crippen LogP contribution in [0.5, 0.6) is 0 Å². The van der Waals surface area contributed by atoms with Gasteiger partial charge in [0, 0.05) is 16.5 Å². The quantitative estimate of drug-likeness (QED) is 0.331. The Morgan fingerprint density at radius 3 is 2.25 bits per heavy atom. The van der Waals surface area contributed by atoms with Gasteiger partial charge >= 0.3 is 5.97 Å². The number of carbonyl (C=O) groups is 3. The summed E-state index contributed by atoms with van der Waals surface area (Å²) in [6.45, 7) is -0.629. The Morgan fingerprint density at radius 2 is 1.71 bits per heavy atom. The number of carbonyl (C=O) groups excluding carboxylic acids is 3. The highest BCUT2D eigenvalue weighted by molar-refractivity contribution is 7.92. The molecule has 1 aromatic carbocycles. The maximum atomic E-state index is 12.5. The van der Waals surface area contributed by atoms with Crippen molar-refractivity contribution in [2.75, 3.05) is 23.0 Å². The van der Waals surface area contributed by atoms with E-state index in [1.165, 1.54) is 18.2 Å². The summed E-state index contributed by atoms with van der Waals surface area (Å²) in [7, 11) is -4.07. The largest absolute Gasteiger partial charge is 0.460 e. The molecule has 2 amide bonds. The lowest BCUT2D eigenvalue weighted by Crippen LogP contribution is -2.33. The molecule has 1 aliphatic heterocycles. The molecule has 1 aliphatic rings. The lowest BCUT2D eigenvalue weighted by atomic mass is 10.1. The molecule has 154 valence electrons. The van der Waals surface area contributed by atoms with Crippen molar-refractivity contribution in [3.8, 4) is 0 Å². The molecule has 0 saturated carbocycles. The molecular weight excluding hydrogens is 499 g/mol. The Labute approximate surface area is 185 Å². The van der Waals surface area contributed by atoms with Crippen LogP contribution in [0.4, 0.5) is 5.69 Å². The standard InChI is InChI=1S/C15H12Cl5NO6S/c16-9-2-10(17)4-11(3-9)21-12(22)1-8(14(21)24)5-28(25,26)6-13(23)27-7-15(18,19)20/h2-4,8H,1,5-7H2. The first kappa shape index (κ1) is 23.5. The SMILES string of the molecule is O=C(CS(=O)(=O)CC1CC(=O)N(c2cc(Cl)cc(Cl)c2)C1=O)OCC(Cl)(Cl)Cl. The third-order valence-corrected chi connectivity index (χ3v) is 5.88. The van der Waals surface area contributed by atoms with Gasteiger partial charge in [0.1, 0.15) is 12.4 Å². The number of halogens is 5. The van der Waals surface area contributed by atoms with E-state index in [2.05, 4.69) is 4.74 Å². The van der Waals surface area contributed by atoms with Gasteiger partial charge in [-0.3, -0.25) is 19.3 Å². The highest BCUT2D eigenvalue weighted by Crippen LogP contribution is 2.32. The fraction of sp³-hybridized carbons (Fsp3) is 0.400. The van der Waals surface area contributed by atoms with E-state index < -0.39 is 55.4 Å². The zero-order valence-corrected chi connectivity index (χ0v) is 18.4. The van der Waals surface area contributed by atoms with Crippen molar-refractivity contribution < 1.29 is 27.5 Å². The number of ether oxygens (including phenoxy) is 1. The molecule has 28 heavy (non-hydrogen) atoms. The Kier molecular flexibility index (Phi) is 7.50. The first-order valence-corrected chi connectivity index (χ1v) is 11.2. The highest BCUT2D eigenvalue weighted by Gasteiger charge is 2.42. The molecule has 1 saturated heterocycles. The van der Waals surface area contributed by atoms with Gasteiger partial charge in [0.15, 0.2) is 9.84 Å². The summed E-state index contributed by atoms with van der Waals surface area (Å²) < 4.78 is 27.1. The molecule has 2 rings (SSSR count). The molecule has 0 bridgehead atoms. The summed E-state index contributed by atoms with van der Waals surface area (Å²) >= 11 is 28.0. The minimum Gasteiger partial charge on any atom is -0.460 e. The van der Waals surface area contributed by atoms with Gasteiger partial charge in [-0.2, -0.15) is 0 Å². The number of alkyl halides is 3. The van der Waals surface area contributed by atoms with E-state index in [9.17, 15) is 22.8 Å². The van der Waals surface area contributed by atoms with E-state index in [1.807, 2.05) is 0 Å². The van der Waals surface area contributed by atoms with E-state index >= 15 is 0 Å². The van der Waals surface area contributed by atoms with Gasteiger partial charge in [-0.15, -0.1) is 0 Å². The number of rotatable bonds is 6. The molecule has 0 aliphatic carbocycles. The molecule has 1 atom stereocenters. The summed E-state index contributed by atoms with van der Waals surface area (Å²) in [6.07, 6.45) is -0.342. The fourth-order valence-corrected chi connectivity index (χ4v) is 4.63. The Balaban J connectivity index is 2.07. The topological polar surface area (TPSA) is 97.8 Å². The average molecular weight is 512 g/mol. The monoisotopic (exact) mass is 509 g/mol. The van der Waals surface area contributed by atoms with Crippen molar-refractivity contribution in [3.63, 3.8) is 0 Å². The Hall–Kier alpha value is -0.770. The number of imide groups is 1. The predicted octanol–water partition coefficient (Wildman–Crippen LogP) is 3.20. The van der Waals surface area contributed by atoms with E-state index in [-0.39, 0.29) is 22.2 Å². The smallest absolute Gasteiger partial charge is 0.321 e. The van der Waals surface area contributed by atoms with Gasteiger partial charge in [0.2, 0.25) is 15.6 Å². The number of amides is 2. The second-order valence-corrected chi connectivity index (χ2v) is 11.4. The fourth-order valence-electron chi connectivity index (χ4n) is 2.51. The molecule has 1 aromatic rings. The zero-order chi connectivity index (χ0) is 21.3. The van der Waals surface area contributed by atoms with Gasteiger partial charge in [-0.05, 0) is 18.2 Å². The lowest BCUT2D eigenvalue weighted by molar-refractivity contribution is -0.140. The third kappa shape index (κ3) is 6.64. The molecular formula is C15H12Cl5NO6S. The van der Waals surface area contributed by atoms with Crippen LogP contribution in [0.15, 0.2) is 18.2 Å². The minimum absolute atomic E-state index is 0.134. The molecule has 0 aromatic heterocycles. The summed E-state index contributed by atoms with van der Waals surface area (Å²) in [4.78, 5) is 37.2. The molecule has 0 N–H and O–H groups in total. The number of hydrogen-bond donors (Lipinski definition) is 0. The van der Waals surface area contributed by atoms with Crippen LogP contribution in [-0.2, 0) is 29.0 Å². The second kappa shape index (κ2) is 8.93. The van der Waals surface area contributed by atoms with Crippen LogP contribution in [0, 0.1) is 5.92 Å². The van der Waals surface area contributed by atoms with Crippen molar-refractivity contribution in [1.29, 1.82) is 0 Å². The van der Waals surface area contributed by atoms with Gasteiger partial charge in [-0.1, -0.05) is 58.0 Å². The second-order valence-electron chi connectivity index (χ2n) is 5.93. The molecule has 0 radical (unpaired) electrons. The third-order valence-electron chi connectivity index (χ3n) is 3.54. The average Bonchev–Trinajstić information content (AvgIpc) is 2.76. The zero-order valence-electron chi connectivity index (χ0n) is 13.8. The van der Waals surface area contributed by atoms with Crippen LogP contribution in [0.1, 0.15) is 6.42 Å². The van der Waals surface area contributed by atoms with Crippen molar-refractivity contribution in [1.82, 2.24) is 0 Å².